The van der Waals surface area contributed by atoms with Crippen molar-refractivity contribution in [2.45, 2.75) is 46.6 Å². The highest BCUT2D eigenvalue weighted by atomic mass is 35.5. The van der Waals surface area contributed by atoms with Crippen molar-refractivity contribution in [1.29, 1.82) is 0 Å². The largest absolute Gasteiger partial charge is 0.354 e. The molecule has 1 fully saturated rings. The first-order valence-electron chi connectivity index (χ1n) is 28.1. The van der Waals surface area contributed by atoms with E-state index in [1.165, 1.54) is 17.1 Å². The molecule has 6 amide bonds. The molecule has 0 spiro atoms. The number of benzene rings is 4. The van der Waals surface area contributed by atoms with Gasteiger partial charge in [-0.3, -0.25) is 14.3 Å². The monoisotopic (exact) mass is 1170 g/mol. The van der Waals surface area contributed by atoms with Crippen molar-refractivity contribution in [3.63, 3.8) is 0 Å². The van der Waals surface area contributed by atoms with Crippen molar-refractivity contribution >= 4 is 99.0 Å². The zero-order valence-electron chi connectivity index (χ0n) is 48.4. The molecule has 23 heteroatoms. The molecule has 0 aliphatic carbocycles. The summed E-state index contributed by atoms with van der Waals surface area (Å²) in [6, 6.07) is 31.5. The maximum atomic E-state index is 14.8. The molecule has 0 unspecified atom stereocenters. The summed E-state index contributed by atoms with van der Waals surface area (Å²) in [5.74, 6) is 1.47. The number of amides is 6. The number of nitrogens with zero attached hydrogens (tertiary/aromatic N) is 14. The lowest BCUT2D eigenvalue weighted by atomic mass is 10.0. The number of carbonyl (C=O) groups is 4. The number of urea groups is 2. The van der Waals surface area contributed by atoms with Crippen molar-refractivity contribution in [2.75, 3.05) is 89.8 Å². The van der Waals surface area contributed by atoms with Gasteiger partial charge in [0.1, 0.15) is 5.82 Å². The minimum atomic E-state index is -0.385. The molecule has 0 bridgehead atoms. The standard InChI is InChI=1S/C63H65ClN18O4/c1-7-55(83)68-48-11-8-13-51(30-48)81-58-46(32-66-60(72-58)70-50-22-23-54(65-34-50)77-27-25-76(6)26-28-77)38-78(62(81)85)35-43-17-19-44(20-18-43)36-80-40-53(57(64)74-80)71-61-67-33-47-39-79(37-45-21-16-41(2)29-42(45)3)63(86)82(59(47)73-61)52-14-9-12-49(31-52)69-56(84)15-10-24-75(4)5/h7-23,29-34,40H,1,24-28,35-39H2,2-6H3,(H,68,83)(H,69,84)(H,66,70,72)(H,67,71,73)/b15-10+. The highest BCUT2D eigenvalue weighted by molar-refractivity contribution is 6.32. The predicted octanol–water partition coefficient (Wildman–Crippen LogP) is 10.1. The van der Waals surface area contributed by atoms with Gasteiger partial charge in [-0.05, 0) is 112 Å². The van der Waals surface area contributed by atoms with E-state index >= 15 is 0 Å². The van der Waals surface area contributed by atoms with Gasteiger partial charge in [0.25, 0.3) is 0 Å². The van der Waals surface area contributed by atoms with Gasteiger partial charge in [0.2, 0.25) is 23.7 Å². The van der Waals surface area contributed by atoms with Crippen LogP contribution in [0.2, 0.25) is 5.15 Å². The molecule has 22 nitrogen and oxygen atoms in total. The minimum absolute atomic E-state index is 0.180. The van der Waals surface area contributed by atoms with Crippen LogP contribution in [0.15, 0.2) is 153 Å². The molecule has 11 rings (SSSR count). The molecular weight excluding hydrogens is 1110 g/mol. The number of nitrogens with one attached hydrogen (secondary N) is 4. The van der Waals surface area contributed by atoms with Gasteiger partial charge in [-0.1, -0.05) is 84.4 Å². The fraction of sp³-hybridized carbons (Fsp3) is 0.238. The molecule has 438 valence electrons. The lowest BCUT2D eigenvalue weighted by Crippen LogP contribution is -2.45. The van der Waals surface area contributed by atoms with E-state index in [0.717, 1.165) is 65.4 Å². The van der Waals surface area contributed by atoms with E-state index in [2.05, 4.69) is 65.8 Å². The first-order valence-corrected chi connectivity index (χ1v) is 28.4. The molecule has 4 aromatic carbocycles. The maximum absolute atomic E-state index is 14.8. The summed E-state index contributed by atoms with van der Waals surface area (Å²) in [6.07, 6.45) is 11.4. The van der Waals surface area contributed by atoms with Crippen LogP contribution in [0.1, 0.15) is 38.9 Å². The van der Waals surface area contributed by atoms with Crippen LogP contribution < -0.4 is 36.0 Å². The highest BCUT2D eigenvalue weighted by Crippen LogP contribution is 2.39. The number of hydrogen-bond acceptors (Lipinski definition) is 15. The summed E-state index contributed by atoms with van der Waals surface area (Å²) in [6.45, 7) is 13.5. The molecule has 3 aliphatic rings. The topological polar surface area (TPSA) is 221 Å². The van der Waals surface area contributed by atoms with Crippen molar-refractivity contribution in [2.24, 2.45) is 0 Å². The second-order valence-corrected chi connectivity index (χ2v) is 22.1. The van der Waals surface area contributed by atoms with Gasteiger partial charge < -0.3 is 45.8 Å². The second-order valence-electron chi connectivity index (χ2n) is 21.7. The minimum Gasteiger partial charge on any atom is -0.354 e. The Balaban J connectivity index is 0.791. The number of anilines is 11. The Kier molecular flexibility index (Phi) is 17.1. The number of likely N-dealkylation sites (N-methyl/N-ethyl adjacent to an activating group) is 2. The second kappa shape index (κ2) is 25.4. The molecule has 86 heavy (non-hydrogen) atoms. The van der Waals surface area contributed by atoms with Gasteiger partial charge in [0.05, 0.1) is 54.8 Å². The van der Waals surface area contributed by atoms with Gasteiger partial charge in [0, 0.05) is 86.8 Å². The lowest BCUT2D eigenvalue weighted by Gasteiger charge is -2.36. The Morgan fingerprint density at radius 2 is 1.28 bits per heavy atom. The molecule has 4 aromatic heterocycles. The summed E-state index contributed by atoms with van der Waals surface area (Å²) in [4.78, 5) is 91.6. The fourth-order valence-electron chi connectivity index (χ4n) is 10.3. The van der Waals surface area contributed by atoms with Crippen LogP contribution in [0.5, 0.6) is 0 Å². The van der Waals surface area contributed by atoms with Gasteiger partial charge in [-0.15, -0.1) is 0 Å². The molecular formula is C63H65ClN18O4. The Labute approximate surface area is 503 Å². The Morgan fingerprint density at radius 3 is 1.87 bits per heavy atom. The van der Waals surface area contributed by atoms with E-state index < -0.39 is 0 Å². The van der Waals surface area contributed by atoms with Crippen LogP contribution in [0.25, 0.3) is 0 Å². The Bertz CT molecular complexity index is 3880. The quantitative estimate of drug-likeness (QED) is 0.0553. The first kappa shape index (κ1) is 57.8. The third kappa shape index (κ3) is 13.5. The van der Waals surface area contributed by atoms with Gasteiger partial charge in [-0.25, -0.2) is 34.3 Å². The Morgan fingerprint density at radius 1 is 0.674 bits per heavy atom. The summed E-state index contributed by atoms with van der Waals surface area (Å²) in [5.41, 5.74) is 9.57. The SMILES string of the molecule is C=CC(=O)Nc1cccc(N2C(=O)N(Cc3ccc(Cn4cc(Nc5ncc6c(n5)N(c5cccc(NC(=O)/C=C/CN(C)C)c5)C(=O)N(Cc5ccc(C)cc5C)C6)c(Cl)n4)cc3)Cc3cnc(Nc4ccc(N5CCN(C)CC5)nc4)nc32)c1. The highest BCUT2D eigenvalue weighted by Gasteiger charge is 2.36. The number of carbonyl (C=O) groups excluding carboxylic acids is 4. The number of halogens is 1. The van der Waals surface area contributed by atoms with E-state index in [-0.39, 0.29) is 60.6 Å². The molecule has 4 N–H and O–H groups in total. The van der Waals surface area contributed by atoms with Crippen molar-refractivity contribution in [3.8, 4) is 0 Å². The van der Waals surface area contributed by atoms with Crippen molar-refractivity contribution in [3.05, 3.63) is 197 Å². The average molecular weight is 1170 g/mol. The predicted molar refractivity (Wildman–Crippen MR) is 335 cm³/mol. The maximum Gasteiger partial charge on any atom is 0.330 e. The van der Waals surface area contributed by atoms with E-state index in [1.807, 2.05) is 81.4 Å². The third-order valence-electron chi connectivity index (χ3n) is 14.8. The van der Waals surface area contributed by atoms with Crippen LogP contribution in [0.4, 0.5) is 73.1 Å². The number of pyridine rings is 1. The van der Waals surface area contributed by atoms with Crippen LogP contribution >= 0.6 is 11.6 Å². The number of aryl methyl sites for hydroxylation is 2. The summed E-state index contributed by atoms with van der Waals surface area (Å²) < 4.78 is 1.70. The van der Waals surface area contributed by atoms with E-state index in [0.29, 0.717) is 71.0 Å². The van der Waals surface area contributed by atoms with Crippen LogP contribution in [0, 0.1) is 13.8 Å². The van der Waals surface area contributed by atoms with Crippen LogP contribution in [-0.4, -0.2) is 132 Å². The Hall–Kier alpha value is -10.0. The van der Waals surface area contributed by atoms with Gasteiger partial charge >= 0.3 is 12.1 Å². The zero-order chi connectivity index (χ0) is 60.0. The zero-order valence-corrected chi connectivity index (χ0v) is 49.2. The summed E-state index contributed by atoms with van der Waals surface area (Å²) in [7, 11) is 5.96. The van der Waals surface area contributed by atoms with E-state index in [9.17, 15) is 19.2 Å². The lowest BCUT2D eigenvalue weighted by molar-refractivity contribution is -0.112. The van der Waals surface area contributed by atoms with Gasteiger partial charge in [0.15, 0.2) is 16.8 Å². The molecule has 3 aliphatic heterocycles. The van der Waals surface area contributed by atoms with Crippen molar-refractivity contribution < 1.29 is 19.2 Å². The molecule has 0 atom stereocenters. The number of piperazine rings is 1. The number of hydrogen-bond donors (Lipinski definition) is 4. The van der Waals surface area contributed by atoms with E-state index in [1.54, 1.807) is 98.8 Å². The summed E-state index contributed by atoms with van der Waals surface area (Å²) >= 11 is 6.79. The van der Waals surface area contributed by atoms with Crippen molar-refractivity contribution in [1.82, 2.24) is 54.3 Å². The number of aromatic nitrogens is 7. The fourth-order valence-corrected chi connectivity index (χ4v) is 10.5. The molecule has 8 aromatic rings. The summed E-state index contributed by atoms with van der Waals surface area (Å²) in [5, 5.41) is 17.0. The average Bonchev–Trinajstić information content (AvgIpc) is 3.79. The number of rotatable bonds is 19. The molecule has 0 saturated carbocycles. The molecule has 7 heterocycles. The van der Waals surface area contributed by atoms with Gasteiger partial charge in [-0.2, -0.15) is 15.1 Å². The van der Waals surface area contributed by atoms with Crippen LogP contribution in [0.3, 0.4) is 0 Å². The smallest absolute Gasteiger partial charge is 0.330 e. The number of fused-ring (bicyclic) bond motifs is 2. The first-order chi connectivity index (χ1) is 41.6. The van der Waals surface area contributed by atoms with E-state index in [4.69, 9.17) is 26.6 Å². The molecule has 1 saturated heterocycles. The van der Waals surface area contributed by atoms with Crippen LogP contribution in [-0.2, 0) is 42.3 Å². The molecule has 0 radical (unpaired) electrons. The normalized spacial score (nSPS) is 14.4. The third-order valence-corrected chi connectivity index (χ3v) is 15.1.